The lowest BCUT2D eigenvalue weighted by Gasteiger charge is -2.18. The minimum absolute atomic E-state index is 0.0582. The third-order valence-corrected chi connectivity index (χ3v) is 4.56. The number of rotatable bonds is 6. The molecule has 0 bridgehead atoms. The number of aryl methyl sites for hydroxylation is 2. The first-order chi connectivity index (χ1) is 9.08. The summed E-state index contributed by atoms with van der Waals surface area (Å²) in [5.74, 6) is 0. The topological polar surface area (TPSA) is 84.2 Å². The van der Waals surface area contributed by atoms with E-state index in [4.69, 9.17) is 5.11 Å². The first kappa shape index (κ1) is 17.1. The largest absolute Gasteiger partial charge is 0.396 e. The Labute approximate surface area is 121 Å². The zero-order valence-electron chi connectivity index (χ0n) is 12.9. The van der Waals surface area contributed by atoms with E-state index in [9.17, 15) is 8.42 Å². The minimum atomic E-state index is -3.55. The van der Waals surface area contributed by atoms with Gasteiger partial charge in [0.15, 0.2) is 0 Å². The molecule has 0 aliphatic heterocycles. The molecular formula is C13H25N3O3S. The Hall–Kier alpha value is -0.920. The van der Waals surface area contributed by atoms with Crippen LogP contribution in [0.15, 0.2) is 4.90 Å². The predicted octanol–water partition coefficient (Wildman–Crippen LogP) is 1.21. The monoisotopic (exact) mass is 303 g/mol. The highest BCUT2D eigenvalue weighted by Crippen LogP contribution is 2.20. The van der Waals surface area contributed by atoms with Gasteiger partial charge in [-0.1, -0.05) is 20.8 Å². The summed E-state index contributed by atoms with van der Waals surface area (Å²) in [6.07, 6.45) is 0.552. The first-order valence-corrected chi connectivity index (χ1v) is 8.21. The molecule has 0 aromatic carbocycles. The van der Waals surface area contributed by atoms with Crippen molar-refractivity contribution in [1.82, 2.24) is 14.5 Å². The van der Waals surface area contributed by atoms with E-state index in [1.54, 1.807) is 18.5 Å². The molecule has 0 saturated carbocycles. The van der Waals surface area contributed by atoms with Crippen LogP contribution in [0.1, 0.15) is 38.6 Å². The first-order valence-electron chi connectivity index (χ1n) is 6.73. The van der Waals surface area contributed by atoms with E-state index < -0.39 is 10.0 Å². The summed E-state index contributed by atoms with van der Waals surface area (Å²) >= 11 is 0. The molecule has 6 nitrogen and oxygen atoms in total. The Morgan fingerprint density at radius 1 is 1.30 bits per heavy atom. The summed E-state index contributed by atoms with van der Waals surface area (Å²) in [6, 6.07) is 0. The highest BCUT2D eigenvalue weighted by atomic mass is 32.2. The smallest absolute Gasteiger partial charge is 0.244 e. The summed E-state index contributed by atoms with van der Waals surface area (Å²) in [4.78, 5) is 0.250. The Kier molecular flexibility index (Phi) is 5.34. The molecule has 0 fully saturated rings. The second-order valence-corrected chi connectivity index (χ2v) is 7.89. The maximum atomic E-state index is 12.4. The van der Waals surface area contributed by atoms with E-state index in [2.05, 4.69) is 9.82 Å². The van der Waals surface area contributed by atoms with E-state index in [1.165, 1.54) is 0 Å². The Bertz CT molecular complexity index is 556. The Morgan fingerprint density at radius 2 is 1.90 bits per heavy atom. The fourth-order valence-corrected chi connectivity index (χ4v) is 3.58. The van der Waals surface area contributed by atoms with Crippen LogP contribution in [0.2, 0.25) is 0 Å². The van der Waals surface area contributed by atoms with Crippen LogP contribution < -0.4 is 4.72 Å². The molecule has 2 N–H and O–H groups in total. The fraction of sp³-hybridized carbons (Fsp3) is 0.769. The molecule has 0 atom stereocenters. The van der Waals surface area contributed by atoms with Gasteiger partial charge in [-0.2, -0.15) is 5.10 Å². The van der Waals surface area contributed by atoms with Crippen molar-refractivity contribution >= 4 is 10.0 Å². The fourth-order valence-electron chi connectivity index (χ4n) is 1.89. The molecule has 7 heteroatoms. The molecule has 0 radical (unpaired) electrons. The summed E-state index contributed by atoms with van der Waals surface area (Å²) in [5.41, 5.74) is 0.973. The molecule has 116 valence electrons. The molecule has 0 aliphatic rings. The second-order valence-electron chi connectivity index (χ2n) is 6.19. The molecule has 1 heterocycles. The van der Waals surface area contributed by atoms with Gasteiger partial charge in [-0.3, -0.25) is 4.68 Å². The second kappa shape index (κ2) is 6.24. The van der Waals surface area contributed by atoms with Crippen LogP contribution in [-0.4, -0.2) is 36.5 Å². The molecule has 0 spiro atoms. The standard InChI is InChI=1S/C13H25N3O3S/c1-10-12(11(2)16(15-10)7-6-8-17)20(18,19)14-9-13(3,4)5/h14,17H,6-9H2,1-5H3. The number of aliphatic hydroxyl groups excluding tert-OH is 1. The molecule has 0 unspecified atom stereocenters. The third-order valence-electron chi connectivity index (χ3n) is 2.90. The van der Waals surface area contributed by atoms with Gasteiger partial charge >= 0.3 is 0 Å². The van der Waals surface area contributed by atoms with Crippen LogP contribution in [0.25, 0.3) is 0 Å². The number of hydrogen-bond acceptors (Lipinski definition) is 4. The van der Waals surface area contributed by atoms with Crippen LogP contribution >= 0.6 is 0 Å². The van der Waals surface area contributed by atoms with Gasteiger partial charge in [-0.25, -0.2) is 13.1 Å². The van der Waals surface area contributed by atoms with E-state index in [0.29, 0.717) is 30.9 Å². The number of nitrogens with one attached hydrogen (secondary N) is 1. The lowest BCUT2D eigenvalue weighted by atomic mass is 9.98. The van der Waals surface area contributed by atoms with E-state index in [0.717, 1.165) is 0 Å². The van der Waals surface area contributed by atoms with Gasteiger partial charge in [0.1, 0.15) is 4.90 Å². The number of aromatic nitrogens is 2. The quantitative estimate of drug-likeness (QED) is 0.827. The van der Waals surface area contributed by atoms with Gasteiger partial charge in [-0.05, 0) is 25.7 Å². The Morgan fingerprint density at radius 3 is 2.40 bits per heavy atom. The maximum absolute atomic E-state index is 12.4. The predicted molar refractivity (Wildman–Crippen MR) is 78.0 cm³/mol. The molecule has 1 rings (SSSR count). The van der Waals surface area contributed by atoms with Crippen molar-refractivity contribution in [2.45, 2.75) is 52.5 Å². The molecule has 1 aromatic heterocycles. The molecular weight excluding hydrogens is 278 g/mol. The van der Waals surface area contributed by atoms with E-state index in [-0.39, 0.29) is 16.9 Å². The van der Waals surface area contributed by atoms with E-state index >= 15 is 0 Å². The normalized spacial score (nSPS) is 12.9. The van der Waals surface area contributed by atoms with Gasteiger partial charge < -0.3 is 5.11 Å². The molecule has 1 aromatic rings. The van der Waals surface area contributed by atoms with Gasteiger partial charge in [-0.15, -0.1) is 0 Å². The number of sulfonamides is 1. The van der Waals surface area contributed by atoms with Crippen molar-refractivity contribution in [2.75, 3.05) is 13.2 Å². The maximum Gasteiger partial charge on any atom is 0.244 e. The van der Waals surface area contributed by atoms with Crippen molar-refractivity contribution in [3.05, 3.63) is 11.4 Å². The summed E-state index contributed by atoms with van der Waals surface area (Å²) < 4.78 is 29.1. The van der Waals surface area contributed by atoms with Crippen LogP contribution in [0.3, 0.4) is 0 Å². The van der Waals surface area contributed by atoms with Crippen LogP contribution in [0.5, 0.6) is 0 Å². The van der Waals surface area contributed by atoms with Crippen LogP contribution in [0, 0.1) is 19.3 Å². The zero-order valence-corrected chi connectivity index (χ0v) is 13.7. The molecule has 20 heavy (non-hydrogen) atoms. The highest BCUT2D eigenvalue weighted by molar-refractivity contribution is 7.89. The SMILES string of the molecule is Cc1nn(CCCO)c(C)c1S(=O)(=O)NCC(C)(C)C. The van der Waals surface area contributed by atoms with Gasteiger partial charge in [0.2, 0.25) is 10.0 Å². The van der Waals surface area contributed by atoms with Crippen molar-refractivity contribution in [3.8, 4) is 0 Å². The summed E-state index contributed by atoms with van der Waals surface area (Å²) in [6.45, 7) is 10.3. The summed E-state index contributed by atoms with van der Waals surface area (Å²) in [7, 11) is -3.55. The van der Waals surface area contributed by atoms with Crippen molar-refractivity contribution in [2.24, 2.45) is 5.41 Å². The molecule has 0 amide bonds. The molecule has 0 saturated heterocycles. The summed E-state index contributed by atoms with van der Waals surface area (Å²) in [5, 5.41) is 13.1. The van der Waals surface area contributed by atoms with Crippen molar-refractivity contribution in [1.29, 1.82) is 0 Å². The Balaban J connectivity index is 3.03. The molecule has 0 aliphatic carbocycles. The highest BCUT2D eigenvalue weighted by Gasteiger charge is 2.25. The number of hydrogen-bond donors (Lipinski definition) is 2. The van der Waals surface area contributed by atoms with Crippen molar-refractivity contribution in [3.63, 3.8) is 0 Å². The minimum Gasteiger partial charge on any atom is -0.396 e. The van der Waals surface area contributed by atoms with Gasteiger partial charge in [0, 0.05) is 19.7 Å². The third kappa shape index (κ3) is 4.29. The number of aliphatic hydroxyl groups is 1. The average Bonchev–Trinajstić information content (AvgIpc) is 2.59. The van der Waals surface area contributed by atoms with Crippen LogP contribution in [-0.2, 0) is 16.6 Å². The van der Waals surface area contributed by atoms with Gasteiger partial charge in [0.05, 0.1) is 11.4 Å². The lowest BCUT2D eigenvalue weighted by molar-refractivity contribution is 0.276. The number of nitrogens with zero attached hydrogens (tertiary/aromatic N) is 2. The van der Waals surface area contributed by atoms with Gasteiger partial charge in [0.25, 0.3) is 0 Å². The lowest BCUT2D eigenvalue weighted by Crippen LogP contribution is -2.32. The average molecular weight is 303 g/mol. The van der Waals surface area contributed by atoms with Crippen LogP contribution in [0.4, 0.5) is 0 Å². The van der Waals surface area contributed by atoms with Crippen molar-refractivity contribution < 1.29 is 13.5 Å². The zero-order chi connectivity index (χ0) is 15.6. The van der Waals surface area contributed by atoms with E-state index in [1.807, 2.05) is 20.8 Å².